The van der Waals surface area contributed by atoms with E-state index in [4.69, 9.17) is 0 Å². The maximum absolute atomic E-state index is 3.81. The maximum Gasteiger partial charge on any atom is 0.00983 e. The van der Waals surface area contributed by atoms with Crippen molar-refractivity contribution >= 4 is 11.3 Å². The van der Waals surface area contributed by atoms with E-state index in [9.17, 15) is 0 Å². The molecule has 0 saturated heterocycles. The topological polar surface area (TPSA) is 12.0 Å². The monoisotopic (exact) mass is 235 g/mol. The maximum atomic E-state index is 3.81. The standard InChI is InChI=1S/C14H21NS/c1-10(14-3-2-6-16-14)9-15-13-8-11-4-5-12(13)7-11/h2-3,6,10-13,15H,4-5,7-9H2,1H3. The highest BCUT2D eigenvalue weighted by molar-refractivity contribution is 7.10. The van der Waals surface area contributed by atoms with E-state index in [1.807, 2.05) is 11.3 Å². The minimum absolute atomic E-state index is 0.680. The second-order valence-corrected chi connectivity index (χ2v) is 6.59. The third-order valence-electron chi connectivity index (χ3n) is 4.45. The lowest BCUT2D eigenvalue weighted by molar-refractivity contribution is 0.347. The summed E-state index contributed by atoms with van der Waals surface area (Å²) in [5.74, 6) is 2.74. The fourth-order valence-corrected chi connectivity index (χ4v) is 4.28. The summed E-state index contributed by atoms with van der Waals surface area (Å²) in [6.45, 7) is 3.50. The van der Waals surface area contributed by atoms with Crippen LogP contribution in [0.4, 0.5) is 0 Å². The third-order valence-corrected chi connectivity index (χ3v) is 5.56. The Morgan fingerprint density at radius 1 is 1.44 bits per heavy atom. The Balaban J connectivity index is 1.50. The highest BCUT2D eigenvalue weighted by Gasteiger charge is 2.39. The molecule has 2 aliphatic carbocycles. The van der Waals surface area contributed by atoms with E-state index >= 15 is 0 Å². The minimum Gasteiger partial charge on any atom is -0.313 e. The SMILES string of the molecule is CC(CNC1CC2CCC1C2)c1cccs1. The van der Waals surface area contributed by atoms with Crippen molar-refractivity contribution in [1.82, 2.24) is 5.32 Å². The van der Waals surface area contributed by atoms with E-state index in [0.29, 0.717) is 5.92 Å². The number of hydrogen-bond acceptors (Lipinski definition) is 2. The van der Waals surface area contributed by atoms with E-state index in [-0.39, 0.29) is 0 Å². The molecule has 1 aromatic rings. The average Bonchev–Trinajstić information content (AvgIpc) is 3.01. The van der Waals surface area contributed by atoms with Crippen molar-refractivity contribution in [2.45, 2.75) is 44.6 Å². The zero-order valence-corrected chi connectivity index (χ0v) is 10.8. The van der Waals surface area contributed by atoms with Gasteiger partial charge in [0, 0.05) is 23.4 Å². The van der Waals surface area contributed by atoms with Crippen LogP contribution in [0.1, 0.15) is 43.4 Å². The summed E-state index contributed by atoms with van der Waals surface area (Å²) < 4.78 is 0. The lowest BCUT2D eigenvalue weighted by Gasteiger charge is -2.24. The number of hydrogen-bond donors (Lipinski definition) is 1. The van der Waals surface area contributed by atoms with Crippen LogP contribution in [0.2, 0.25) is 0 Å². The molecule has 0 spiro atoms. The highest BCUT2D eigenvalue weighted by Crippen LogP contribution is 2.44. The van der Waals surface area contributed by atoms with Gasteiger partial charge in [0.05, 0.1) is 0 Å². The van der Waals surface area contributed by atoms with Crippen molar-refractivity contribution in [3.8, 4) is 0 Å². The van der Waals surface area contributed by atoms with Crippen LogP contribution in [-0.2, 0) is 0 Å². The van der Waals surface area contributed by atoms with Crippen LogP contribution in [0, 0.1) is 11.8 Å². The van der Waals surface area contributed by atoms with Gasteiger partial charge in [0.25, 0.3) is 0 Å². The van der Waals surface area contributed by atoms with E-state index < -0.39 is 0 Å². The van der Waals surface area contributed by atoms with Gasteiger partial charge in [-0.15, -0.1) is 11.3 Å². The molecule has 0 amide bonds. The summed E-state index contributed by atoms with van der Waals surface area (Å²) in [5, 5.41) is 5.99. The summed E-state index contributed by atoms with van der Waals surface area (Å²) in [6, 6.07) is 5.26. The quantitative estimate of drug-likeness (QED) is 0.840. The van der Waals surface area contributed by atoms with Gasteiger partial charge >= 0.3 is 0 Å². The van der Waals surface area contributed by atoms with Gasteiger partial charge in [0.2, 0.25) is 0 Å². The van der Waals surface area contributed by atoms with Crippen LogP contribution < -0.4 is 5.32 Å². The molecule has 2 heteroatoms. The van der Waals surface area contributed by atoms with Crippen molar-refractivity contribution in [2.24, 2.45) is 11.8 Å². The predicted molar refractivity (Wildman–Crippen MR) is 70.0 cm³/mol. The Morgan fingerprint density at radius 3 is 3.00 bits per heavy atom. The average molecular weight is 235 g/mol. The first-order valence-corrected chi connectivity index (χ1v) is 7.47. The van der Waals surface area contributed by atoms with Gasteiger partial charge < -0.3 is 5.32 Å². The number of thiophene rings is 1. The molecule has 88 valence electrons. The zero-order valence-electron chi connectivity index (χ0n) is 9.99. The molecule has 4 unspecified atom stereocenters. The van der Waals surface area contributed by atoms with E-state index in [0.717, 1.165) is 24.4 Å². The lowest BCUT2D eigenvalue weighted by atomic mass is 9.95. The molecule has 3 rings (SSSR count). The molecule has 1 N–H and O–H groups in total. The van der Waals surface area contributed by atoms with Gasteiger partial charge in [0.15, 0.2) is 0 Å². The molecule has 2 fully saturated rings. The third kappa shape index (κ3) is 2.05. The van der Waals surface area contributed by atoms with E-state index in [2.05, 4.69) is 29.8 Å². The first-order chi connectivity index (χ1) is 7.83. The van der Waals surface area contributed by atoms with Crippen LogP contribution in [0.3, 0.4) is 0 Å². The summed E-state index contributed by atoms with van der Waals surface area (Å²) in [7, 11) is 0. The van der Waals surface area contributed by atoms with Crippen molar-refractivity contribution in [3.63, 3.8) is 0 Å². The van der Waals surface area contributed by atoms with Gasteiger partial charge in [-0.25, -0.2) is 0 Å². The fourth-order valence-electron chi connectivity index (χ4n) is 3.50. The Morgan fingerprint density at radius 2 is 2.38 bits per heavy atom. The molecule has 1 heterocycles. The molecule has 0 aromatic carbocycles. The van der Waals surface area contributed by atoms with Gasteiger partial charge in [0.1, 0.15) is 0 Å². The molecule has 0 aliphatic heterocycles. The second-order valence-electron chi connectivity index (χ2n) is 5.61. The Labute approximate surface area is 102 Å². The van der Waals surface area contributed by atoms with Crippen molar-refractivity contribution in [3.05, 3.63) is 22.4 Å². The minimum atomic E-state index is 0.680. The van der Waals surface area contributed by atoms with Gasteiger partial charge in [-0.05, 0) is 42.5 Å². The van der Waals surface area contributed by atoms with E-state index in [1.165, 1.54) is 30.6 Å². The first-order valence-electron chi connectivity index (χ1n) is 6.59. The summed E-state index contributed by atoms with van der Waals surface area (Å²) >= 11 is 1.89. The molecular weight excluding hydrogens is 214 g/mol. The summed E-state index contributed by atoms with van der Waals surface area (Å²) in [5.41, 5.74) is 0. The largest absolute Gasteiger partial charge is 0.313 e. The van der Waals surface area contributed by atoms with Crippen molar-refractivity contribution < 1.29 is 0 Å². The highest BCUT2D eigenvalue weighted by atomic mass is 32.1. The van der Waals surface area contributed by atoms with Gasteiger partial charge in [-0.2, -0.15) is 0 Å². The normalized spacial score (nSPS) is 34.4. The molecular formula is C14H21NS. The smallest absolute Gasteiger partial charge is 0.00983 e. The summed E-state index contributed by atoms with van der Waals surface area (Å²) in [4.78, 5) is 1.52. The molecule has 2 saturated carbocycles. The van der Waals surface area contributed by atoms with Gasteiger partial charge in [-0.1, -0.05) is 19.4 Å². The summed E-state index contributed by atoms with van der Waals surface area (Å²) in [6.07, 6.45) is 5.94. The van der Waals surface area contributed by atoms with Crippen LogP contribution in [-0.4, -0.2) is 12.6 Å². The van der Waals surface area contributed by atoms with Crippen LogP contribution in [0.25, 0.3) is 0 Å². The number of nitrogens with one attached hydrogen (secondary N) is 1. The first kappa shape index (κ1) is 10.8. The van der Waals surface area contributed by atoms with Crippen LogP contribution >= 0.6 is 11.3 Å². The predicted octanol–water partition coefficient (Wildman–Crippen LogP) is 3.63. The zero-order chi connectivity index (χ0) is 11.0. The van der Waals surface area contributed by atoms with Gasteiger partial charge in [-0.3, -0.25) is 0 Å². The lowest BCUT2D eigenvalue weighted by Crippen LogP contribution is -2.36. The van der Waals surface area contributed by atoms with Crippen LogP contribution in [0.15, 0.2) is 17.5 Å². The molecule has 1 aromatic heterocycles. The van der Waals surface area contributed by atoms with Crippen molar-refractivity contribution in [2.75, 3.05) is 6.54 Å². The van der Waals surface area contributed by atoms with Crippen molar-refractivity contribution in [1.29, 1.82) is 0 Å². The Hall–Kier alpha value is -0.340. The number of rotatable bonds is 4. The number of fused-ring (bicyclic) bond motifs is 2. The molecule has 2 aliphatic rings. The van der Waals surface area contributed by atoms with Crippen LogP contribution in [0.5, 0.6) is 0 Å². The second kappa shape index (κ2) is 4.50. The molecule has 0 radical (unpaired) electrons. The Kier molecular flexibility index (Phi) is 3.03. The van der Waals surface area contributed by atoms with E-state index in [1.54, 1.807) is 0 Å². The molecule has 16 heavy (non-hydrogen) atoms. The Bertz CT molecular complexity index is 333. The fraction of sp³-hybridized carbons (Fsp3) is 0.714. The molecule has 4 atom stereocenters. The molecule has 1 nitrogen and oxygen atoms in total. The molecule has 2 bridgehead atoms.